The van der Waals surface area contributed by atoms with Gasteiger partial charge in [-0.2, -0.15) is 0 Å². The molecule has 0 radical (unpaired) electrons. The van der Waals surface area contributed by atoms with Crippen LogP contribution in [0.1, 0.15) is 119 Å². The molecule has 8 rings (SSSR count). The number of ketones is 3. The molecule has 10 N–H and O–H groups in total. The molecule has 0 aliphatic carbocycles. The van der Waals surface area contributed by atoms with Gasteiger partial charge < -0.3 is 77.1 Å². The van der Waals surface area contributed by atoms with Crippen molar-refractivity contribution in [2.45, 2.75) is 179 Å². The Morgan fingerprint density at radius 3 is 1.53 bits per heavy atom. The number of thioether (sulfide) groups is 1. The first-order valence-electron chi connectivity index (χ1n) is 43.2. The number of amides is 12. The van der Waals surface area contributed by atoms with Gasteiger partial charge in [-0.05, 0) is 99.2 Å². The number of hydrogen-bond donors (Lipinski definition) is 9. The molecule has 129 heavy (non-hydrogen) atoms. The zero-order valence-corrected chi connectivity index (χ0v) is 76.3. The van der Waals surface area contributed by atoms with E-state index in [9.17, 15) is 43.8 Å². The monoisotopic (exact) mass is 1810 g/mol. The van der Waals surface area contributed by atoms with Crippen molar-refractivity contribution < 1.29 is 91.7 Å². The van der Waals surface area contributed by atoms with Gasteiger partial charge in [0.25, 0.3) is 6.47 Å². The molecule has 6 aromatic carbocycles. The van der Waals surface area contributed by atoms with Gasteiger partial charge in [-0.25, -0.2) is 0 Å². The highest BCUT2D eigenvalue weighted by Crippen LogP contribution is 2.30. The van der Waals surface area contributed by atoms with Gasteiger partial charge in [0, 0.05) is 116 Å². The SMILES string of the molecule is CCCC[C@H]1C(=O)N(C)CC(=O)C[C@@H](COC=O)C(=O)C[C@@H](C(C)C)C(=O)N(C)[C@@H](Cc2ccccc2)C(=O)N[C@@H](Cc2ccc(O)cc2)C(=O)N(C)CC(=O)N[C@@H](Cc2csc3ccccc23)C(=O)N[C@@H](Cc2ccc(O)cc2)C(=O)N[C@@H](CC(C)C)C(=O)N[C@H](C(=O)CCC(N)=O)CSCC(=O)N[C@@H](Cc2ccccc2)C(=O)N(C)[C@@H](Cc2ccccc2)C(=O)N1C. The summed E-state index contributed by atoms with van der Waals surface area (Å²) < 4.78 is 5.99. The summed E-state index contributed by atoms with van der Waals surface area (Å²) in [6.07, 6.45) is -2.07. The molecule has 1 aliphatic heterocycles. The summed E-state index contributed by atoms with van der Waals surface area (Å²) >= 11 is 2.25. The Bertz CT molecular complexity index is 5020. The first kappa shape index (κ1) is 102. The predicted octanol–water partition coefficient (Wildman–Crippen LogP) is 6.17. The third-order valence-corrected chi connectivity index (χ3v) is 24.9. The molecule has 7 aromatic rings. The van der Waals surface area contributed by atoms with Crippen LogP contribution >= 0.6 is 23.1 Å². The van der Waals surface area contributed by atoms with Crippen LogP contribution in [0.15, 0.2) is 169 Å². The summed E-state index contributed by atoms with van der Waals surface area (Å²) in [7, 11) is 6.83. The smallest absolute Gasteiger partial charge is 0.293 e. The van der Waals surface area contributed by atoms with Gasteiger partial charge >= 0.3 is 0 Å². The first-order chi connectivity index (χ1) is 61.5. The second-order valence-corrected chi connectivity index (χ2v) is 35.6. The molecule has 1 aliphatic rings. The average molecular weight is 1810 g/mol. The molecule has 31 nitrogen and oxygen atoms in total. The standard InChI is InChI=1S/C96H120N12O19S2/c1-11-12-31-79-95(125)104(6)52-70(112)49-66(54-127-58-109)83(114)51-72(60(4)5)92(122)107(9)80(47-62-26-18-14-19-27-62)91(121)102-76(46-65-35-39-69(111)40-36-65)93(123)105(7)53-86(116)98-75(50-67-55-129-84-32-23-22-30-71(67)84)90(120)101-74(44-64-33-37-68(110)38-34-64)89(119)100-73(43-59(2)3)88(118)103-78(82(113)41-42-85(97)115)56-128-57-87(117)99-77(45-61-24-16-13-17-25-61)94(124)108(10)81(96(126)106(79)8)48-63-28-20-15-21-29-63/h13-30,32-40,55,58-60,66,72-81,110-111H,11-12,31,41-54,56-57H2,1-10H3,(H2,97,115)(H,98,116)(H,99,117)(H,100,119)(H,101,120)(H,102,121)(H,103,118)/t66-,72-,73-,74-,75-,76-,77-,78-,79-,80-,81-/m0/s1. The lowest BCUT2D eigenvalue weighted by Crippen LogP contribution is -2.59. The maximum atomic E-state index is 15.6. The predicted molar refractivity (Wildman–Crippen MR) is 489 cm³/mol. The zero-order chi connectivity index (χ0) is 94.1. The highest BCUT2D eigenvalue weighted by atomic mass is 32.2. The minimum absolute atomic E-state index is 0.0586. The van der Waals surface area contributed by atoms with Gasteiger partial charge in [0.15, 0.2) is 11.6 Å². The second kappa shape index (κ2) is 50.2. The summed E-state index contributed by atoms with van der Waals surface area (Å²) in [6, 6.07) is 32.1. The van der Waals surface area contributed by atoms with E-state index in [2.05, 4.69) is 31.9 Å². The zero-order valence-electron chi connectivity index (χ0n) is 74.6. The number of nitrogens with zero attached hydrogens (tertiary/aromatic N) is 5. The fourth-order valence-electron chi connectivity index (χ4n) is 15.4. The summed E-state index contributed by atoms with van der Waals surface area (Å²) in [5, 5.41) is 40.1. The van der Waals surface area contributed by atoms with Crippen LogP contribution < -0.4 is 37.6 Å². The molecular formula is C96H120N12O19S2. The largest absolute Gasteiger partial charge is 0.508 e. The number of likely N-dealkylation sites (N-methyl/N-ethyl adjacent to an activating group) is 5. The summed E-state index contributed by atoms with van der Waals surface area (Å²) in [6.45, 7) is 6.90. The molecule has 0 bridgehead atoms. The van der Waals surface area contributed by atoms with E-state index in [4.69, 9.17) is 10.5 Å². The lowest BCUT2D eigenvalue weighted by Gasteiger charge is -2.37. The number of rotatable bonds is 25. The Balaban J connectivity index is 1.21. The summed E-state index contributed by atoms with van der Waals surface area (Å²) in [4.78, 5) is 241. The summed E-state index contributed by atoms with van der Waals surface area (Å²) in [5.41, 5.74) is 8.79. The Morgan fingerprint density at radius 2 is 0.977 bits per heavy atom. The number of ether oxygens (including phenoxy) is 1. The van der Waals surface area contributed by atoms with Gasteiger partial charge in [-0.15, -0.1) is 23.1 Å². The first-order valence-corrected chi connectivity index (χ1v) is 45.3. The fraction of sp³-hybridized carbons (Fsp3) is 0.438. The number of primary amides is 1. The quantitative estimate of drug-likeness (QED) is 0.0289. The van der Waals surface area contributed by atoms with Crippen LogP contribution in [0.2, 0.25) is 0 Å². The van der Waals surface area contributed by atoms with Gasteiger partial charge in [-0.1, -0.05) is 181 Å². The maximum absolute atomic E-state index is 15.6. The number of thiophene rings is 1. The highest BCUT2D eigenvalue weighted by Gasteiger charge is 2.42. The molecule has 0 unspecified atom stereocenters. The number of unbranched alkanes of at least 4 members (excludes halogenated alkanes) is 1. The van der Waals surface area contributed by atoms with Crippen LogP contribution in [0, 0.1) is 23.7 Å². The Hall–Kier alpha value is -12.7. The van der Waals surface area contributed by atoms with E-state index >= 15 is 43.2 Å². The van der Waals surface area contributed by atoms with Gasteiger partial charge in [-0.3, -0.25) is 76.7 Å². The fourth-order valence-corrected chi connectivity index (χ4v) is 17.3. The molecule has 2 heterocycles. The molecule has 1 aromatic heterocycles. The second-order valence-electron chi connectivity index (χ2n) is 33.6. The molecule has 12 amide bonds. The molecule has 11 atom stereocenters. The minimum Gasteiger partial charge on any atom is -0.508 e. The van der Waals surface area contributed by atoms with E-state index in [1.165, 1.54) is 110 Å². The number of Topliss-reactive ketones (excluding diaryl/α,β-unsaturated/α-hetero) is 3. The van der Waals surface area contributed by atoms with E-state index < -0.39 is 211 Å². The topological polar surface area (TPSA) is 437 Å². The lowest BCUT2D eigenvalue weighted by atomic mass is 9.84. The van der Waals surface area contributed by atoms with E-state index in [0.29, 0.717) is 46.2 Å². The van der Waals surface area contributed by atoms with Crippen molar-refractivity contribution in [3.05, 3.63) is 203 Å². The molecule has 1 saturated heterocycles. The van der Waals surface area contributed by atoms with Gasteiger partial charge in [0.05, 0.1) is 30.8 Å². The molecule has 1 fully saturated rings. The van der Waals surface area contributed by atoms with E-state index in [0.717, 1.165) is 31.6 Å². The lowest BCUT2D eigenvalue weighted by molar-refractivity contribution is -0.151. The maximum Gasteiger partial charge on any atom is 0.293 e. The number of fused-ring (bicyclic) bond motifs is 1. The van der Waals surface area contributed by atoms with Crippen molar-refractivity contribution in [3.8, 4) is 11.5 Å². The van der Waals surface area contributed by atoms with E-state index in [-0.39, 0.29) is 81.0 Å². The van der Waals surface area contributed by atoms with Crippen molar-refractivity contribution in [2.75, 3.05) is 66.4 Å². The number of nitrogens with two attached hydrogens (primary N) is 1. The third-order valence-electron chi connectivity index (χ3n) is 22.8. The number of nitrogens with one attached hydrogen (secondary N) is 6. The highest BCUT2D eigenvalue weighted by molar-refractivity contribution is 8.00. The molecule has 0 saturated carbocycles. The van der Waals surface area contributed by atoms with Crippen LogP contribution in [0.3, 0.4) is 0 Å². The van der Waals surface area contributed by atoms with Crippen LogP contribution in [0.25, 0.3) is 10.1 Å². The molecule has 0 spiro atoms. The molecular weight excluding hydrogens is 1690 g/mol. The Morgan fingerprint density at radius 1 is 0.496 bits per heavy atom. The van der Waals surface area contributed by atoms with Crippen molar-refractivity contribution >= 4 is 128 Å². The van der Waals surface area contributed by atoms with E-state index in [1.54, 1.807) is 130 Å². The van der Waals surface area contributed by atoms with Crippen LogP contribution in [0.5, 0.6) is 11.5 Å². The normalized spacial score (nSPS) is 22.0. The number of benzene rings is 6. The van der Waals surface area contributed by atoms with Crippen LogP contribution in [-0.2, 0) is 120 Å². The summed E-state index contributed by atoms with van der Waals surface area (Å²) in [5.74, 6) is -16.2. The number of hydrogen-bond acceptors (Lipinski definition) is 21. The Kier molecular flexibility index (Phi) is 39.6. The van der Waals surface area contributed by atoms with Crippen molar-refractivity contribution in [1.82, 2.24) is 56.4 Å². The van der Waals surface area contributed by atoms with Crippen molar-refractivity contribution in [2.24, 2.45) is 29.4 Å². The van der Waals surface area contributed by atoms with E-state index in [1.807, 2.05) is 25.1 Å². The molecule has 690 valence electrons. The third kappa shape index (κ3) is 31.1. The molecule has 33 heteroatoms. The van der Waals surface area contributed by atoms with Gasteiger partial charge in [0.2, 0.25) is 70.9 Å². The average Bonchev–Trinajstić information content (AvgIpc) is 1.80. The number of phenolic OH excluding ortho intramolecular Hbond substituents is 2. The number of carbonyl (C=O) groups is 16. The minimum atomic E-state index is -1.56. The number of aromatic hydroxyl groups is 2. The van der Waals surface area contributed by atoms with Gasteiger partial charge in [0.1, 0.15) is 72.2 Å². The number of carbonyl (C=O) groups excluding carboxylic acids is 16. The van der Waals surface area contributed by atoms with Crippen molar-refractivity contribution in [1.29, 1.82) is 0 Å². The Labute approximate surface area is 760 Å². The number of phenols is 2. The van der Waals surface area contributed by atoms with Crippen LogP contribution in [0.4, 0.5) is 0 Å². The van der Waals surface area contributed by atoms with Crippen molar-refractivity contribution in [3.63, 3.8) is 0 Å². The van der Waals surface area contributed by atoms with Crippen LogP contribution in [-0.4, -0.2) is 250 Å².